The van der Waals surface area contributed by atoms with Crippen LogP contribution in [0.4, 0.5) is 0 Å². The molecule has 0 bridgehead atoms. The first-order chi connectivity index (χ1) is 6.11. The van der Waals surface area contributed by atoms with Gasteiger partial charge in [-0.3, -0.25) is 4.79 Å². The lowest BCUT2D eigenvalue weighted by Crippen LogP contribution is -2.07. The summed E-state index contributed by atoms with van der Waals surface area (Å²) in [5.41, 5.74) is 3.06. The monoisotopic (exact) mass is 198 g/mol. The number of aliphatic hydroxyl groups excluding tert-OH is 1. The summed E-state index contributed by atoms with van der Waals surface area (Å²) in [6.07, 6.45) is 0.221. The number of carbonyl (C=O) groups excluding carboxylic acids is 1. The third-order valence-electron chi connectivity index (χ3n) is 1.70. The van der Waals surface area contributed by atoms with E-state index in [0.29, 0.717) is 0 Å². The molecule has 1 atom stereocenters. The lowest BCUT2D eigenvalue weighted by molar-refractivity contribution is -0.118. The Labute approximate surface area is 82.2 Å². The van der Waals surface area contributed by atoms with Crippen LogP contribution in [0.2, 0.25) is 0 Å². The minimum atomic E-state index is -1.02. The zero-order valence-electron chi connectivity index (χ0n) is 7.33. The minimum absolute atomic E-state index is 0.713. The number of benzene rings is 1. The molecule has 0 radical (unpaired) electrons. The van der Waals surface area contributed by atoms with E-state index in [2.05, 4.69) is 24.3 Å². The Morgan fingerprint density at radius 2 is 1.85 bits per heavy atom. The molecule has 2 nitrogen and oxygen atoms in total. The van der Waals surface area contributed by atoms with Crippen molar-refractivity contribution in [2.45, 2.75) is 19.4 Å². The second kappa shape index (κ2) is 4.40. The van der Waals surface area contributed by atoms with E-state index in [1.165, 1.54) is 24.5 Å². The summed E-state index contributed by atoms with van der Waals surface area (Å²) in [6.45, 7) is 1.31. The SMILES string of the molecule is CC(O)C(=O)Cl.c1ccc2c(c1)C2. The van der Waals surface area contributed by atoms with E-state index < -0.39 is 11.3 Å². The lowest BCUT2D eigenvalue weighted by Gasteiger charge is -1.88. The van der Waals surface area contributed by atoms with E-state index >= 15 is 0 Å². The van der Waals surface area contributed by atoms with E-state index in [4.69, 9.17) is 16.7 Å². The van der Waals surface area contributed by atoms with Crippen molar-refractivity contribution in [1.29, 1.82) is 0 Å². The molecule has 0 amide bonds. The van der Waals surface area contributed by atoms with Crippen molar-refractivity contribution in [2.24, 2.45) is 0 Å². The second-order valence-corrected chi connectivity index (χ2v) is 3.30. The van der Waals surface area contributed by atoms with E-state index in [0.717, 1.165) is 0 Å². The quantitative estimate of drug-likeness (QED) is 0.709. The summed E-state index contributed by atoms with van der Waals surface area (Å²) >= 11 is 4.72. The Kier molecular flexibility index (Phi) is 3.46. The fourth-order valence-electron chi connectivity index (χ4n) is 0.836. The molecule has 0 saturated carbocycles. The van der Waals surface area contributed by atoms with Gasteiger partial charge in [0, 0.05) is 0 Å². The number of hydrogen-bond acceptors (Lipinski definition) is 2. The molecule has 1 aliphatic rings. The Hall–Kier alpha value is -0.860. The average Bonchev–Trinajstić information content (AvgIpc) is 2.83. The molecule has 1 aromatic carbocycles. The Morgan fingerprint density at radius 1 is 1.46 bits per heavy atom. The highest BCUT2D eigenvalue weighted by molar-refractivity contribution is 6.64. The van der Waals surface area contributed by atoms with Gasteiger partial charge in [-0.25, -0.2) is 0 Å². The molecular weight excluding hydrogens is 188 g/mol. The standard InChI is InChI=1S/C7H6.C3H5ClO2/c1-2-4-7-5-6(7)3-1;1-2(5)3(4)6/h1-4H,5H2;2,5H,1H3. The molecule has 0 aromatic heterocycles. The normalized spacial score (nSPS) is 13.5. The van der Waals surface area contributed by atoms with Crippen LogP contribution < -0.4 is 0 Å². The fraction of sp³-hybridized carbons (Fsp3) is 0.300. The first-order valence-corrected chi connectivity index (χ1v) is 4.43. The van der Waals surface area contributed by atoms with Crippen molar-refractivity contribution >= 4 is 16.8 Å². The second-order valence-electron chi connectivity index (χ2n) is 2.93. The van der Waals surface area contributed by atoms with Crippen molar-refractivity contribution in [3.8, 4) is 0 Å². The van der Waals surface area contributed by atoms with Crippen molar-refractivity contribution in [3.63, 3.8) is 0 Å². The Balaban J connectivity index is 0.000000133. The zero-order chi connectivity index (χ0) is 9.84. The van der Waals surface area contributed by atoms with Gasteiger partial charge >= 0.3 is 0 Å². The summed E-state index contributed by atoms with van der Waals surface area (Å²) in [5, 5.41) is 7.44. The molecule has 2 rings (SSSR count). The van der Waals surface area contributed by atoms with Gasteiger partial charge in [-0.2, -0.15) is 0 Å². The van der Waals surface area contributed by atoms with E-state index in [1.807, 2.05) is 0 Å². The van der Waals surface area contributed by atoms with Crippen LogP contribution in [0, 0.1) is 0 Å². The Morgan fingerprint density at radius 3 is 2.08 bits per heavy atom. The maximum atomic E-state index is 9.66. The number of rotatable bonds is 1. The van der Waals surface area contributed by atoms with Gasteiger partial charge in [0.1, 0.15) is 6.10 Å². The molecule has 1 aliphatic carbocycles. The third-order valence-corrected chi connectivity index (χ3v) is 2.02. The molecule has 1 N–H and O–H groups in total. The molecule has 13 heavy (non-hydrogen) atoms. The van der Waals surface area contributed by atoms with Crippen LogP contribution in [0.5, 0.6) is 0 Å². The molecule has 0 saturated heterocycles. The molecule has 0 aliphatic heterocycles. The van der Waals surface area contributed by atoms with Crippen LogP contribution in [0.15, 0.2) is 24.3 Å². The first-order valence-electron chi connectivity index (χ1n) is 4.05. The molecule has 1 aromatic rings. The smallest absolute Gasteiger partial charge is 0.249 e. The average molecular weight is 199 g/mol. The molecule has 3 heteroatoms. The van der Waals surface area contributed by atoms with Gasteiger partial charge in [0.2, 0.25) is 5.24 Å². The maximum Gasteiger partial charge on any atom is 0.249 e. The molecule has 0 heterocycles. The minimum Gasteiger partial charge on any atom is -0.384 e. The van der Waals surface area contributed by atoms with Gasteiger partial charge in [-0.1, -0.05) is 24.3 Å². The maximum absolute atomic E-state index is 9.66. The van der Waals surface area contributed by atoms with Gasteiger partial charge in [-0.05, 0) is 36.1 Å². The van der Waals surface area contributed by atoms with Crippen LogP contribution in [0.3, 0.4) is 0 Å². The van der Waals surface area contributed by atoms with Crippen LogP contribution in [-0.4, -0.2) is 16.5 Å². The van der Waals surface area contributed by atoms with Crippen LogP contribution in [-0.2, 0) is 11.2 Å². The number of halogens is 1. The van der Waals surface area contributed by atoms with Crippen molar-refractivity contribution in [1.82, 2.24) is 0 Å². The van der Waals surface area contributed by atoms with Gasteiger partial charge in [0.25, 0.3) is 0 Å². The van der Waals surface area contributed by atoms with Crippen LogP contribution in [0.1, 0.15) is 18.1 Å². The summed E-state index contributed by atoms with van der Waals surface area (Å²) in [5.74, 6) is 0. The van der Waals surface area contributed by atoms with Crippen molar-refractivity contribution < 1.29 is 9.90 Å². The largest absolute Gasteiger partial charge is 0.384 e. The predicted octanol–water partition coefficient (Wildman–Crippen LogP) is 1.72. The van der Waals surface area contributed by atoms with Crippen LogP contribution >= 0.6 is 11.6 Å². The van der Waals surface area contributed by atoms with Crippen LogP contribution in [0.25, 0.3) is 0 Å². The van der Waals surface area contributed by atoms with E-state index in [9.17, 15) is 4.79 Å². The summed E-state index contributed by atoms with van der Waals surface area (Å²) in [4.78, 5) is 9.66. The van der Waals surface area contributed by atoms with E-state index in [-0.39, 0.29) is 0 Å². The highest BCUT2D eigenvalue weighted by atomic mass is 35.5. The zero-order valence-corrected chi connectivity index (χ0v) is 8.08. The van der Waals surface area contributed by atoms with Gasteiger partial charge < -0.3 is 5.11 Å². The number of fused-ring (bicyclic) bond motifs is 1. The highest BCUT2D eigenvalue weighted by Crippen LogP contribution is 2.25. The summed E-state index contributed by atoms with van der Waals surface area (Å²) in [6, 6.07) is 8.53. The fourth-order valence-corrected chi connectivity index (χ4v) is 0.836. The number of carbonyl (C=O) groups is 1. The van der Waals surface area contributed by atoms with Gasteiger partial charge in [0.15, 0.2) is 0 Å². The van der Waals surface area contributed by atoms with Gasteiger partial charge in [0.05, 0.1) is 0 Å². The Bertz CT molecular complexity index is 287. The lowest BCUT2D eigenvalue weighted by atomic mass is 10.4. The molecule has 70 valence electrons. The summed E-state index contributed by atoms with van der Waals surface area (Å²) in [7, 11) is 0. The van der Waals surface area contributed by atoms with E-state index in [1.54, 1.807) is 0 Å². The first kappa shape index (κ1) is 10.2. The number of hydrogen-bond donors (Lipinski definition) is 1. The molecular formula is C10H11ClO2. The molecule has 0 spiro atoms. The summed E-state index contributed by atoms with van der Waals surface area (Å²) < 4.78 is 0. The van der Waals surface area contributed by atoms with Crippen molar-refractivity contribution in [2.75, 3.05) is 0 Å². The topological polar surface area (TPSA) is 37.3 Å². The highest BCUT2D eigenvalue weighted by Gasteiger charge is 2.12. The third kappa shape index (κ3) is 3.57. The molecule has 0 fully saturated rings. The predicted molar refractivity (Wildman–Crippen MR) is 51.8 cm³/mol. The van der Waals surface area contributed by atoms with Gasteiger partial charge in [-0.15, -0.1) is 0 Å². The van der Waals surface area contributed by atoms with Crippen molar-refractivity contribution in [3.05, 3.63) is 35.4 Å². The number of aliphatic hydroxyl groups is 1. The molecule has 1 unspecified atom stereocenters.